The van der Waals surface area contributed by atoms with Crippen molar-refractivity contribution >= 4 is 18.3 Å². The van der Waals surface area contributed by atoms with Crippen molar-refractivity contribution < 1.29 is 31.4 Å². The molecule has 3 heterocycles. The van der Waals surface area contributed by atoms with Crippen LogP contribution >= 0.6 is 0 Å². The van der Waals surface area contributed by atoms with Crippen LogP contribution in [-0.4, -0.2) is 47.0 Å². The molecule has 0 spiro atoms. The van der Waals surface area contributed by atoms with Crippen molar-refractivity contribution in [2.24, 2.45) is 11.0 Å². The highest BCUT2D eigenvalue weighted by Gasteiger charge is 2.62. The van der Waals surface area contributed by atoms with Gasteiger partial charge in [0.25, 0.3) is 0 Å². The highest BCUT2D eigenvalue weighted by molar-refractivity contribution is 6.05. The lowest BCUT2D eigenvalue weighted by Crippen LogP contribution is -2.42. The average Bonchev–Trinajstić information content (AvgIpc) is 3.20. The number of nitrogens with zero attached hydrogens (tertiary/aromatic N) is 3. The summed E-state index contributed by atoms with van der Waals surface area (Å²) in [5, 5.41) is 3.31. The summed E-state index contributed by atoms with van der Waals surface area (Å²) >= 11 is 0. The molecular weight excluding hydrogens is 345 g/mol. The molecule has 4 nitrogen and oxygen atoms in total. The number of hydrogen-bond acceptors (Lipinski definition) is 2. The molecule has 2 aliphatic heterocycles. The minimum atomic E-state index is -5.71. The van der Waals surface area contributed by atoms with E-state index in [-0.39, 0.29) is 11.7 Å². The van der Waals surface area contributed by atoms with Crippen molar-refractivity contribution in [2.45, 2.75) is 31.9 Å². The Morgan fingerprint density at radius 3 is 2.64 bits per heavy atom. The first-order chi connectivity index (χ1) is 11.6. The summed E-state index contributed by atoms with van der Waals surface area (Å²) in [6, 6.07) is 3.60. The molecule has 1 fully saturated rings. The fourth-order valence-corrected chi connectivity index (χ4v) is 3.01. The first-order valence-corrected chi connectivity index (χ1v) is 7.72. The van der Waals surface area contributed by atoms with Crippen LogP contribution in [0.1, 0.15) is 17.8 Å². The Morgan fingerprint density at radius 2 is 2.04 bits per heavy atom. The first kappa shape index (κ1) is 17.8. The number of allylic oxidation sites excluding steroid dienone is 1. The van der Waals surface area contributed by atoms with E-state index in [0.717, 1.165) is 22.9 Å². The molecule has 0 amide bonds. The van der Waals surface area contributed by atoms with Gasteiger partial charge >= 0.3 is 17.9 Å². The maximum absolute atomic E-state index is 13.6. The number of ether oxygens (including phenoxy) is 1. The second-order valence-corrected chi connectivity index (χ2v) is 6.19. The van der Waals surface area contributed by atoms with E-state index >= 15 is 0 Å². The highest BCUT2D eigenvalue weighted by atomic mass is 19.4. The van der Waals surface area contributed by atoms with Gasteiger partial charge in [-0.25, -0.2) is 0 Å². The van der Waals surface area contributed by atoms with Gasteiger partial charge in [-0.2, -0.15) is 26.5 Å². The monoisotopic (exact) mass is 362 g/mol. The van der Waals surface area contributed by atoms with E-state index in [2.05, 4.69) is 11.8 Å². The molecule has 0 N–H and O–H groups in total. The van der Waals surface area contributed by atoms with Crippen molar-refractivity contribution in [2.75, 3.05) is 13.2 Å². The van der Waals surface area contributed by atoms with Crippen LogP contribution in [0.3, 0.4) is 0 Å². The smallest absolute Gasteiger partial charge is 0.381 e. The number of alkyl halides is 5. The third-order valence-corrected chi connectivity index (χ3v) is 4.34. The Bertz CT molecular complexity index is 754. The van der Waals surface area contributed by atoms with E-state index in [1.165, 1.54) is 0 Å². The Morgan fingerprint density at radius 1 is 1.32 bits per heavy atom. The van der Waals surface area contributed by atoms with Crippen LogP contribution in [0.25, 0.3) is 5.82 Å². The Kier molecular flexibility index (Phi) is 4.30. The van der Waals surface area contributed by atoms with Crippen LogP contribution in [0.5, 0.6) is 0 Å². The molecule has 1 unspecified atom stereocenters. The summed E-state index contributed by atoms with van der Waals surface area (Å²) in [7, 11) is 0. The van der Waals surface area contributed by atoms with Crippen molar-refractivity contribution in [3.05, 3.63) is 29.6 Å². The van der Waals surface area contributed by atoms with Gasteiger partial charge in [0.05, 0.1) is 12.8 Å². The Balaban J connectivity index is 1.94. The van der Waals surface area contributed by atoms with Crippen molar-refractivity contribution in [3.8, 4) is 0 Å². The fraction of sp³-hybridized carbons (Fsp3) is 0.500. The van der Waals surface area contributed by atoms with Gasteiger partial charge in [-0.3, -0.25) is 0 Å². The van der Waals surface area contributed by atoms with E-state index < -0.39 is 17.8 Å². The predicted octanol–water partition coefficient (Wildman–Crippen LogP) is 3.45. The van der Waals surface area contributed by atoms with Gasteiger partial charge in [0, 0.05) is 19.6 Å². The second kappa shape index (κ2) is 6.05. The molecule has 1 aromatic rings. The van der Waals surface area contributed by atoms with Crippen LogP contribution in [0.15, 0.2) is 23.3 Å². The summed E-state index contributed by atoms with van der Waals surface area (Å²) in [5.74, 6) is -4.69. The number of hydrazone groups is 1. The lowest BCUT2D eigenvalue weighted by atomic mass is 10.0. The minimum Gasteiger partial charge on any atom is -0.381 e. The topological polar surface area (TPSA) is 29.5 Å². The zero-order valence-electron chi connectivity index (χ0n) is 13.5. The number of halogens is 5. The number of hydrogen-bond donors (Lipinski definition) is 0. The molecule has 0 saturated carbocycles. The Labute approximate surface area is 140 Å². The third-order valence-electron chi connectivity index (χ3n) is 4.34. The lowest BCUT2D eigenvalue weighted by molar-refractivity contribution is -0.431. The van der Waals surface area contributed by atoms with Crippen LogP contribution in [-0.2, 0) is 11.2 Å². The maximum Gasteiger partial charge on any atom is 0.459 e. The SMILES string of the molecule is C=[N+]1N=C(C(F)(F)C(F)(F)F)C=C1n1c(C)ccc1CC1CCOC1. The molecule has 136 valence electrons. The average molecular weight is 362 g/mol. The van der Waals surface area contributed by atoms with Crippen molar-refractivity contribution in [3.63, 3.8) is 0 Å². The van der Waals surface area contributed by atoms with Crippen molar-refractivity contribution in [1.29, 1.82) is 0 Å². The van der Waals surface area contributed by atoms with E-state index in [4.69, 9.17) is 4.74 Å². The maximum atomic E-state index is 13.6. The molecule has 2 aliphatic rings. The van der Waals surface area contributed by atoms with Gasteiger partial charge in [-0.15, -0.1) is 4.68 Å². The second-order valence-electron chi connectivity index (χ2n) is 6.19. The fourth-order valence-electron chi connectivity index (χ4n) is 3.01. The quantitative estimate of drug-likeness (QED) is 0.596. The number of aryl methyl sites for hydroxylation is 1. The predicted molar refractivity (Wildman–Crippen MR) is 81.9 cm³/mol. The van der Waals surface area contributed by atoms with Crippen LogP contribution < -0.4 is 0 Å². The van der Waals surface area contributed by atoms with Gasteiger partial charge in [-0.1, -0.05) is 5.10 Å². The molecule has 1 aromatic heterocycles. The van der Waals surface area contributed by atoms with E-state index in [9.17, 15) is 22.0 Å². The highest BCUT2D eigenvalue weighted by Crippen LogP contribution is 2.39. The largest absolute Gasteiger partial charge is 0.459 e. The van der Waals surface area contributed by atoms with Crippen LogP contribution in [0.2, 0.25) is 0 Å². The molecule has 9 heteroatoms. The van der Waals surface area contributed by atoms with Gasteiger partial charge in [0.2, 0.25) is 0 Å². The lowest BCUT2D eigenvalue weighted by Gasteiger charge is -2.16. The Hall–Kier alpha value is -2.03. The van der Waals surface area contributed by atoms with Crippen LogP contribution in [0.4, 0.5) is 22.0 Å². The third kappa shape index (κ3) is 3.12. The van der Waals surface area contributed by atoms with Crippen molar-refractivity contribution in [1.82, 2.24) is 4.57 Å². The first-order valence-electron chi connectivity index (χ1n) is 7.72. The summed E-state index contributed by atoms with van der Waals surface area (Å²) in [6.45, 7) is 6.47. The zero-order valence-corrected chi connectivity index (χ0v) is 13.5. The summed E-state index contributed by atoms with van der Waals surface area (Å²) < 4.78 is 72.7. The van der Waals surface area contributed by atoms with E-state index in [1.54, 1.807) is 17.6 Å². The molecular formula is C16H17F5N3O+. The molecule has 1 atom stereocenters. The molecule has 0 aliphatic carbocycles. The number of aromatic nitrogens is 1. The number of rotatable bonds is 4. The van der Waals surface area contributed by atoms with Gasteiger partial charge in [0.15, 0.2) is 5.71 Å². The molecule has 1 saturated heterocycles. The van der Waals surface area contributed by atoms with Gasteiger partial charge in [0.1, 0.15) is 11.4 Å². The van der Waals surface area contributed by atoms with Crippen LogP contribution in [0, 0.1) is 12.8 Å². The molecule has 0 bridgehead atoms. The zero-order chi connectivity index (χ0) is 18.4. The standard InChI is InChI=1S/C16H17F5N3O/c1-10-3-4-12(7-11-5-6-25-9-11)24(10)14-8-13(22-23(14)2)15(17,18)16(19,20)21/h3-4,8,11H,2,5-7,9H2,1H3/q+1. The summed E-state index contributed by atoms with van der Waals surface area (Å²) in [4.78, 5) is 0. The molecule has 0 aromatic carbocycles. The molecule has 25 heavy (non-hydrogen) atoms. The molecule has 3 rings (SSSR count). The van der Waals surface area contributed by atoms with Gasteiger partial charge < -0.3 is 4.74 Å². The molecule has 0 radical (unpaired) electrons. The summed E-state index contributed by atoms with van der Waals surface area (Å²) in [5.41, 5.74) is 0.119. The minimum absolute atomic E-state index is 0.0651. The normalized spacial score (nSPS) is 21.7. The van der Waals surface area contributed by atoms with Gasteiger partial charge in [-0.05, 0) is 31.4 Å². The summed E-state index contributed by atoms with van der Waals surface area (Å²) in [6.07, 6.45) is -3.47. The van der Waals surface area contributed by atoms with E-state index in [0.29, 0.717) is 25.3 Å². The van der Waals surface area contributed by atoms with E-state index in [1.807, 2.05) is 6.07 Å².